The molecule has 0 spiro atoms. The lowest BCUT2D eigenvalue weighted by Crippen LogP contribution is -2.50. The van der Waals surface area contributed by atoms with Crippen LogP contribution in [0.2, 0.25) is 5.02 Å². The molecule has 1 saturated heterocycles. The second-order valence-corrected chi connectivity index (χ2v) is 7.37. The molecular weight excluding hydrogens is 390 g/mol. The highest BCUT2D eigenvalue weighted by Gasteiger charge is 2.24. The number of phenolic OH excluding ortho intramolecular Hbond substituents is 1. The molecule has 0 aliphatic carbocycles. The average molecular weight is 414 g/mol. The van der Waals surface area contributed by atoms with Crippen molar-refractivity contribution in [3.8, 4) is 16.9 Å². The van der Waals surface area contributed by atoms with Gasteiger partial charge in [0, 0.05) is 30.8 Å². The van der Waals surface area contributed by atoms with Gasteiger partial charge in [0.15, 0.2) is 0 Å². The largest absolute Gasteiger partial charge is 0.506 e. The summed E-state index contributed by atoms with van der Waals surface area (Å²) in [4.78, 5) is 25.8. The summed E-state index contributed by atoms with van der Waals surface area (Å²) in [6, 6.07) is 12.7. The standard InChI is InChI=1S/C22H24ClN3O3/c1-2-21(28)25-16-9-6-10-26(14-16)22(29)13-24-19-11-17(18(23)12-20(19)27)15-7-4-3-5-8-15/h2-5,7-8,11-12,16,24,27H,1,6,9-10,13-14H2,(H,25,28)/t16-/m1/s1. The minimum atomic E-state index is -0.234. The number of halogens is 1. The van der Waals surface area contributed by atoms with Crippen LogP contribution in [0.5, 0.6) is 5.75 Å². The van der Waals surface area contributed by atoms with E-state index >= 15 is 0 Å². The van der Waals surface area contributed by atoms with Crippen LogP contribution in [0.4, 0.5) is 5.69 Å². The van der Waals surface area contributed by atoms with E-state index in [4.69, 9.17) is 11.6 Å². The third-order valence-corrected chi connectivity index (χ3v) is 5.22. The van der Waals surface area contributed by atoms with Crippen molar-refractivity contribution in [2.45, 2.75) is 18.9 Å². The number of aromatic hydroxyl groups is 1. The van der Waals surface area contributed by atoms with Gasteiger partial charge < -0.3 is 20.6 Å². The number of hydrogen-bond donors (Lipinski definition) is 3. The first-order valence-corrected chi connectivity index (χ1v) is 9.88. The van der Waals surface area contributed by atoms with Gasteiger partial charge >= 0.3 is 0 Å². The summed E-state index contributed by atoms with van der Waals surface area (Å²) in [6.45, 7) is 4.59. The molecule has 2 aromatic carbocycles. The molecule has 6 nitrogen and oxygen atoms in total. The van der Waals surface area contributed by atoms with Crippen molar-refractivity contribution >= 4 is 29.1 Å². The van der Waals surface area contributed by atoms with Gasteiger partial charge in [-0.15, -0.1) is 0 Å². The molecule has 7 heteroatoms. The Balaban J connectivity index is 1.65. The third kappa shape index (κ3) is 5.29. The number of rotatable bonds is 6. The minimum Gasteiger partial charge on any atom is -0.506 e. The number of piperidine rings is 1. The number of anilines is 1. The predicted molar refractivity (Wildman–Crippen MR) is 115 cm³/mol. The summed E-state index contributed by atoms with van der Waals surface area (Å²) in [5.74, 6) is -0.350. The van der Waals surface area contributed by atoms with Gasteiger partial charge in [-0.25, -0.2) is 0 Å². The number of phenols is 1. The molecule has 2 aromatic rings. The van der Waals surface area contributed by atoms with E-state index in [1.165, 1.54) is 12.1 Å². The topological polar surface area (TPSA) is 81.7 Å². The number of amides is 2. The van der Waals surface area contributed by atoms with E-state index in [2.05, 4.69) is 17.2 Å². The van der Waals surface area contributed by atoms with E-state index in [1.54, 1.807) is 11.0 Å². The summed E-state index contributed by atoms with van der Waals surface area (Å²) in [6.07, 6.45) is 2.88. The normalized spacial score (nSPS) is 16.2. The van der Waals surface area contributed by atoms with Gasteiger partial charge in [-0.1, -0.05) is 48.5 Å². The second kappa shape index (κ2) is 9.47. The Morgan fingerprint density at radius 1 is 1.28 bits per heavy atom. The van der Waals surface area contributed by atoms with Crippen molar-refractivity contribution in [3.05, 3.63) is 60.1 Å². The molecule has 0 saturated carbocycles. The molecule has 3 N–H and O–H groups in total. The van der Waals surface area contributed by atoms with Crippen LogP contribution in [-0.2, 0) is 9.59 Å². The molecule has 2 amide bonds. The zero-order chi connectivity index (χ0) is 20.8. The Hall–Kier alpha value is -2.99. The summed E-state index contributed by atoms with van der Waals surface area (Å²) in [7, 11) is 0. The monoisotopic (exact) mass is 413 g/mol. The van der Waals surface area contributed by atoms with Crippen molar-refractivity contribution in [1.82, 2.24) is 10.2 Å². The lowest BCUT2D eigenvalue weighted by molar-refractivity contribution is -0.131. The Morgan fingerprint density at radius 3 is 2.76 bits per heavy atom. The van der Waals surface area contributed by atoms with Crippen molar-refractivity contribution < 1.29 is 14.7 Å². The van der Waals surface area contributed by atoms with E-state index in [9.17, 15) is 14.7 Å². The first-order valence-electron chi connectivity index (χ1n) is 9.50. The van der Waals surface area contributed by atoms with Gasteiger partial charge in [-0.05, 0) is 30.5 Å². The Kier molecular flexibility index (Phi) is 6.77. The third-order valence-electron chi connectivity index (χ3n) is 4.91. The minimum absolute atomic E-state index is 0.0164. The molecule has 1 aliphatic heterocycles. The van der Waals surface area contributed by atoms with Crippen LogP contribution in [0.25, 0.3) is 11.1 Å². The molecule has 0 unspecified atom stereocenters. The molecule has 152 valence electrons. The van der Waals surface area contributed by atoms with Gasteiger partial charge in [-0.2, -0.15) is 0 Å². The van der Waals surface area contributed by atoms with Gasteiger partial charge in [0.05, 0.1) is 17.3 Å². The highest BCUT2D eigenvalue weighted by atomic mass is 35.5. The molecule has 29 heavy (non-hydrogen) atoms. The number of carbonyl (C=O) groups excluding carboxylic acids is 2. The Morgan fingerprint density at radius 2 is 2.03 bits per heavy atom. The van der Waals surface area contributed by atoms with Crippen LogP contribution in [0.3, 0.4) is 0 Å². The first-order chi connectivity index (χ1) is 14.0. The average Bonchev–Trinajstić information content (AvgIpc) is 2.73. The van der Waals surface area contributed by atoms with E-state index in [-0.39, 0.29) is 30.2 Å². The maximum atomic E-state index is 12.6. The van der Waals surface area contributed by atoms with E-state index in [1.807, 2.05) is 30.3 Å². The number of carbonyl (C=O) groups is 2. The second-order valence-electron chi connectivity index (χ2n) is 6.96. The highest BCUT2D eigenvalue weighted by Crippen LogP contribution is 2.36. The quantitative estimate of drug-likeness (QED) is 0.500. The molecule has 0 aromatic heterocycles. The summed E-state index contributed by atoms with van der Waals surface area (Å²) in [5, 5.41) is 16.5. The van der Waals surface area contributed by atoms with Gasteiger partial charge in [-0.3, -0.25) is 9.59 Å². The van der Waals surface area contributed by atoms with Gasteiger partial charge in [0.1, 0.15) is 5.75 Å². The van der Waals surface area contributed by atoms with E-state index in [0.29, 0.717) is 23.8 Å². The first kappa shape index (κ1) is 20.7. The number of nitrogens with one attached hydrogen (secondary N) is 2. The van der Waals surface area contributed by atoms with Crippen LogP contribution in [0.1, 0.15) is 12.8 Å². The summed E-state index contributed by atoms with van der Waals surface area (Å²) in [5.41, 5.74) is 2.13. The fourth-order valence-corrected chi connectivity index (χ4v) is 3.67. The smallest absolute Gasteiger partial charge is 0.243 e. The van der Waals surface area contributed by atoms with E-state index in [0.717, 1.165) is 24.0 Å². The molecule has 1 fully saturated rings. The summed E-state index contributed by atoms with van der Waals surface area (Å²) >= 11 is 6.29. The molecule has 3 rings (SSSR count). The van der Waals surface area contributed by atoms with Gasteiger partial charge in [0.25, 0.3) is 0 Å². The zero-order valence-corrected chi connectivity index (χ0v) is 16.8. The molecule has 1 heterocycles. The highest BCUT2D eigenvalue weighted by molar-refractivity contribution is 6.33. The molecule has 0 radical (unpaired) electrons. The van der Waals surface area contributed by atoms with Crippen molar-refractivity contribution in [2.24, 2.45) is 0 Å². The van der Waals surface area contributed by atoms with E-state index < -0.39 is 0 Å². The van der Waals surface area contributed by atoms with Crippen molar-refractivity contribution in [3.63, 3.8) is 0 Å². The Labute approximate surface area is 175 Å². The fraction of sp³-hybridized carbons (Fsp3) is 0.273. The number of hydrogen-bond acceptors (Lipinski definition) is 4. The molecule has 1 atom stereocenters. The van der Waals surface area contributed by atoms with Crippen LogP contribution in [-0.4, -0.2) is 47.5 Å². The SMILES string of the molecule is C=CC(=O)N[C@@H]1CCCN(C(=O)CNc2cc(-c3ccccc3)c(Cl)cc2O)C1. The lowest BCUT2D eigenvalue weighted by atomic mass is 10.0. The summed E-state index contributed by atoms with van der Waals surface area (Å²) < 4.78 is 0. The lowest BCUT2D eigenvalue weighted by Gasteiger charge is -2.33. The van der Waals surface area contributed by atoms with Crippen molar-refractivity contribution in [1.29, 1.82) is 0 Å². The van der Waals surface area contributed by atoms with Crippen LogP contribution < -0.4 is 10.6 Å². The predicted octanol–water partition coefficient (Wildman–Crippen LogP) is 3.42. The zero-order valence-electron chi connectivity index (χ0n) is 16.0. The number of nitrogens with zero attached hydrogens (tertiary/aromatic N) is 1. The number of benzene rings is 2. The maximum absolute atomic E-state index is 12.6. The molecular formula is C22H24ClN3O3. The number of likely N-dealkylation sites (tertiary alicyclic amines) is 1. The Bertz CT molecular complexity index is 902. The fourth-order valence-electron chi connectivity index (χ4n) is 3.41. The van der Waals surface area contributed by atoms with Crippen molar-refractivity contribution in [2.75, 3.05) is 25.0 Å². The van der Waals surface area contributed by atoms with Crippen LogP contribution >= 0.6 is 11.6 Å². The molecule has 0 bridgehead atoms. The maximum Gasteiger partial charge on any atom is 0.243 e. The van der Waals surface area contributed by atoms with Crippen LogP contribution in [0.15, 0.2) is 55.1 Å². The van der Waals surface area contributed by atoms with Gasteiger partial charge in [0.2, 0.25) is 11.8 Å². The van der Waals surface area contributed by atoms with Crippen LogP contribution in [0, 0.1) is 0 Å². The molecule has 1 aliphatic rings.